The van der Waals surface area contributed by atoms with Crippen LogP contribution in [0.15, 0.2) is 52.1 Å². The highest BCUT2D eigenvalue weighted by atomic mass is 79.9. The van der Waals surface area contributed by atoms with E-state index in [1.54, 1.807) is 36.4 Å². The van der Waals surface area contributed by atoms with Gasteiger partial charge in [0.25, 0.3) is 5.91 Å². The van der Waals surface area contributed by atoms with Gasteiger partial charge < -0.3 is 26.7 Å². The number of carbonyl (C=O) groups is 2. The summed E-state index contributed by atoms with van der Waals surface area (Å²) in [6, 6.07) is 11.5. The Morgan fingerprint density at radius 2 is 1.93 bits per heavy atom. The molecule has 0 fully saturated rings. The Hall–Kier alpha value is -3.07. The molecule has 27 heavy (non-hydrogen) atoms. The van der Waals surface area contributed by atoms with Crippen LogP contribution in [0.5, 0.6) is 5.75 Å². The molecule has 0 bridgehead atoms. The van der Waals surface area contributed by atoms with E-state index < -0.39 is 5.91 Å². The summed E-state index contributed by atoms with van der Waals surface area (Å²) in [6.45, 7) is 0.0652. The van der Waals surface area contributed by atoms with Gasteiger partial charge in [-0.2, -0.15) is 0 Å². The van der Waals surface area contributed by atoms with E-state index in [1.807, 2.05) is 0 Å². The number of amides is 2. The van der Waals surface area contributed by atoms with Crippen LogP contribution < -0.4 is 16.4 Å². The normalized spacial score (nSPS) is 11.1. The minimum Gasteiger partial charge on any atom is -0.507 e. The average molecular weight is 435 g/mol. The molecule has 0 heterocycles. The van der Waals surface area contributed by atoms with Gasteiger partial charge in [-0.05, 0) is 45.8 Å². The number of nitrogens with zero attached hydrogens (tertiary/aromatic N) is 1. The molecule has 142 valence electrons. The van der Waals surface area contributed by atoms with Crippen molar-refractivity contribution in [3.8, 4) is 5.75 Å². The standard InChI is InChI=1S/C18H19BrN4O4/c19-12-9-11(5-6-16(12)24)10-15(23-27)18(26)21-8-7-17(25)22-14-4-2-1-3-13(14)20/h1-6,9,24,27H,7-8,10,20H2,(H,21,26)(H,22,25)/b23-15+. The number of oxime groups is 1. The summed E-state index contributed by atoms with van der Waals surface area (Å²) >= 11 is 3.18. The molecule has 0 aliphatic carbocycles. The number of carbonyl (C=O) groups excluding carboxylic acids is 2. The molecule has 0 aromatic heterocycles. The lowest BCUT2D eigenvalue weighted by Gasteiger charge is -2.09. The molecule has 0 atom stereocenters. The quantitative estimate of drug-likeness (QED) is 0.197. The van der Waals surface area contributed by atoms with Gasteiger partial charge in [-0.1, -0.05) is 23.4 Å². The number of halogens is 1. The summed E-state index contributed by atoms with van der Waals surface area (Å²) < 4.78 is 0.467. The maximum atomic E-state index is 12.1. The highest BCUT2D eigenvalue weighted by Crippen LogP contribution is 2.24. The summed E-state index contributed by atoms with van der Waals surface area (Å²) in [7, 11) is 0. The molecular formula is C18H19BrN4O4. The average Bonchev–Trinajstić information content (AvgIpc) is 2.64. The van der Waals surface area contributed by atoms with Crippen molar-refractivity contribution in [1.82, 2.24) is 5.32 Å². The maximum absolute atomic E-state index is 12.1. The van der Waals surface area contributed by atoms with E-state index in [1.165, 1.54) is 6.07 Å². The lowest BCUT2D eigenvalue weighted by atomic mass is 10.1. The number of nitrogen functional groups attached to an aromatic ring is 1. The molecule has 0 saturated heterocycles. The van der Waals surface area contributed by atoms with Crippen molar-refractivity contribution in [1.29, 1.82) is 0 Å². The summed E-state index contributed by atoms with van der Waals surface area (Å²) in [5, 5.41) is 26.8. The molecule has 0 saturated carbocycles. The van der Waals surface area contributed by atoms with E-state index >= 15 is 0 Å². The number of para-hydroxylation sites is 2. The number of hydrogen-bond acceptors (Lipinski definition) is 6. The van der Waals surface area contributed by atoms with Gasteiger partial charge in [0.05, 0.1) is 15.8 Å². The van der Waals surface area contributed by atoms with Crippen LogP contribution in [0.1, 0.15) is 12.0 Å². The molecule has 0 aliphatic rings. The number of benzene rings is 2. The van der Waals surface area contributed by atoms with E-state index in [0.29, 0.717) is 21.4 Å². The molecule has 0 unspecified atom stereocenters. The Morgan fingerprint density at radius 1 is 1.19 bits per heavy atom. The molecule has 0 radical (unpaired) electrons. The fraction of sp³-hybridized carbons (Fsp3) is 0.167. The highest BCUT2D eigenvalue weighted by molar-refractivity contribution is 9.10. The van der Waals surface area contributed by atoms with Crippen LogP contribution in [-0.2, 0) is 16.0 Å². The lowest BCUT2D eigenvalue weighted by Crippen LogP contribution is -2.34. The molecule has 6 N–H and O–H groups in total. The third-order valence-electron chi connectivity index (χ3n) is 3.64. The predicted octanol–water partition coefficient (Wildman–Crippen LogP) is 2.25. The second-order valence-corrected chi connectivity index (χ2v) is 6.50. The van der Waals surface area contributed by atoms with Crippen molar-refractivity contribution in [3.05, 3.63) is 52.5 Å². The van der Waals surface area contributed by atoms with Crippen LogP contribution in [-0.4, -0.2) is 34.4 Å². The number of phenols is 1. The first-order valence-electron chi connectivity index (χ1n) is 8.01. The lowest BCUT2D eigenvalue weighted by molar-refractivity contribution is -0.116. The minimum atomic E-state index is -0.589. The first-order valence-corrected chi connectivity index (χ1v) is 8.81. The molecule has 9 heteroatoms. The van der Waals surface area contributed by atoms with E-state index in [0.717, 1.165) is 0 Å². The zero-order valence-electron chi connectivity index (χ0n) is 14.3. The molecule has 0 spiro atoms. The largest absolute Gasteiger partial charge is 0.507 e. The Bertz CT molecular complexity index is 870. The Balaban J connectivity index is 1.83. The number of nitrogens with one attached hydrogen (secondary N) is 2. The van der Waals surface area contributed by atoms with Crippen LogP contribution >= 0.6 is 15.9 Å². The summed E-state index contributed by atoms with van der Waals surface area (Å²) in [5.41, 5.74) is 7.26. The van der Waals surface area contributed by atoms with Gasteiger partial charge in [0.15, 0.2) is 0 Å². The van der Waals surface area contributed by atoms with Gasteiger partial charge in [-0.15, -0.1) is 0 Å². The second-order valence-electron chi connectivity index (χ2n) is 5.65. The fourth-order valence-corrected chi connectivity index (χ4v) is 2.66. The highest BCUT2D eigenvalue weighted by Gasteiger charge is 2.14. The number of nitrogens with two attached hydrogens (primary N) is 1. The van der Waals surface area contributed by atoms with E-state index in [2.05, 4.69) is 31.7 Å². The van der Waals surface area contributed by atoms with E-state index in [-0.39, 0.29) is 36.8 Å². The van der Waals surface area contributed by atoms with Crippen molar-refractivity contribution in [3.63, 3.8) is 0 Å². The number of phenolic OH excluding ortho intramolecular Hbond substituents is 1. The van der Waals surface area contributed by atoms with Gasteiger partial charge in [0.2, 0.25) is 5.91 Å². The zero-order chi connectivity index (χ0) is 19.8. The molecule has 8 nitrogen and oxygen atoms in total. The van der Waals surface area contributed by atoms with Gasteiger partial charge >= 0.3 is 0 Å². The molecule has 2 amide bonds. The van der Waals surface area contributed by atoms with Gasteiger partial charge in [0.1, 0.15) is 11.5 Å². The van der Waals surface area contributed by atoms with Gasteiger partial charge in [0, 0.05) is 19.4 Å². The van der Waals surface area contributed by atoms with Crippen molar-refractivity contribution in [2.24, 2.45) is 5.16 Å². The Labute approximate surface area is 164 Å². The number of aromatic hydroxyl groups is 1. The van der Waals surface area contributed by atoms with Gasteiger partial charge in [-0.3, -0.25) is 9.59 Å². The smallest absolute Gasteiger partial charge is 0.269 e. The monoisotopic (exact) mass is 434 g/mol. The van der Waals surface area contributed by atoms with Gasteiger partial charge in [-0.25, -0.2) is 0 Å². The third-order valence-corrected chi connectivity index (χ3v) is 4.27. The number of hydrogen-bond donors (Lipinski definition) is 5. The molecule has 2 aromatic carbocycles. The molecule has 2 rings (SSSR count). The molecule has 2 aromatic rings. The van der Waals surface area contributed by atoms with Crippen LogP contribution in [0.2, 0.25) is 0 Å². The van der Waals surface area contributed by atoms with Crippen molar-refractivity contribution in [2.45, 2.75) is 12.8 Å². The SMILES string of the molecule is Nc1ccccc1NC(=O)CCNC(=O)/C(Cc1ccc(O)c(Br)c1)=N/O. The van der Waals surface area contributed by atoms with Crippen LogP contribution in [0, 0.1) is 0 Å². The molecule has 0 aliphatic heterocycles. The van der Waals surface area contributed by atoms with Crippen LogP contribution in [0.4, 0.5) is 11.4 Å². The Morgan fingerprint density at radius 3 is 2.59 bits per heavy atom. The topological polar surface area (TPSA) is 137 Å². The first kappa shape index (κ1) is 20.2. The van der Waals surface area contributed by atoms with Crippen LogP contribution in [0.3, 0.4) is 0 Å². The third kappa shape index (κ3) is 6.00. The maximum Gasteiger partial charge on any atom is 0.269 e. The number of rotatable bonds is 7. The number of anilines is 2. The predicted molar refractivity (Wildman–Crippen MR) is 106 cm³/mol. The van der Waals surface area contributed by atoms with Crippen LogP contribution in [0.25, 0.3) is 0 Å². The van der Waals surface area contributed by atoms with E-state index in [9.17, 15) is 14.7 Å². The van der Waals surface area contributed by atoms with Crippen molar-refractivity contribution >= 4 is 44.8 Å². The summed E-state index contributed by atoms with van der Waals surface area (Å²) in [5.74, 6) is -0.831. The summed E-state index contributed by atoms with van der Waals surface area (Å²) in [4.78, 5) is 24.0. The van der Waals surface area contributed by atoms with Crippen molar-refractivity contribution < 1.29 is 19.9 Å². The van der Waals surface area contributed by atoms with E-state index in [4.69, 9.17) is 10.9 Å². The zero-order valence-corrected chi connectivity index (χ0v) is 15.9. The summed E-state index contributed by atoms with van der Waals surface area (Å²) in [6.07, 6.45) is 0.0947. The minimum absolute atomic E-state index is 0.0313. The Kier molecular flexibility index (Phi) is 7.18. The molecular weight excluding hydrogens is 416 g/mol. The second kappa shape index (κ2) is 9.58. The van der Waals surface area contributed by atoms with Crippen molar-refractivity contribution in [2.75, 3.05) is 17.6 Å². The first-order chi connectivity index (χ1) is 12.9. The fourth-order valence-electron chi connectivity index (χ4n) is 2.23.